The van der Waals surface area contributed by atoms with Gasteiger partial charge in [-0.25, -0.2) is 4.98 Å². The Morgan fingerprint density at radius 3 is 3.08 bits per heavy atom. The highest BCUT2D eigenvalue weighted by atomic mass is 79.9. The largest absolute Gasteiger partial charge is 0.330 e. The molecule has 1 aromatic rings. The first-order chi connectivity index (χ1) is 5.77. The summed E-state index contributed by atoms with van der Waals surface area (Å²) in [5, 5.41) is 3.34. The van der Waals surface area contributed by atoms with Crippen LogP contribution in [-0.4, -0.2) is 22.6 Å². The van der Waals surface area contributed by atoms with Gasteiger partial charge in [-0.2, -0.15) is 0 Å². The normalized spacial score (nSPS) is 23.3. The van der Waals surface area contributed by atoms with Gasteiger partial charge in [0.15, 0.2) is 0 Å². The second-order valence-corrected chi connectivity index (χ2v) is 3.98. The van der Waals surface area contributed by atoms with Gasteiger partial charge in [-0.05, 0) is 35.8 Å². The predicted octanol–water partition coefficient (Wildman–Crippen LogP) is 1.49. The van der Waals surface area contributed by atoms with Crippen molar-refractivity contribution in [2.45, 2.75) is 19.4 Å². The fourth-order valence-electron chi connectivity index (χ4n) is 1.70. The molecule has 3 nitrogen and oxygen atoms in total. The number of rotatable bonds is 1. The van der Waals surface area contributed by atoms with Crippen molar-refractivity contribution in [1.29, 1.82) is 0 Å². The minimum absolute atomic E-state index is 0.601. The Bertz CT molecular complexity index is 276. The molecule has 0 aliphatic carbocycles. The molecule has 0 radical (unpaired) electrons. The van der Waals surface area contributed by atoms with Gasteiger partial charge in [0.05, 0.1) is 0 Å². The molecule has 0 spiro atoms. The number of nitrogens with zero attached hydrogens (tertiary/aromatic N) is 2. The Kier molecular flexibility index (Phi) is 2.19. The quantitative estimate of drug-likeness (QED) is 0.792. The van der Waals surface area contributed by atoms with Crippen LogP contribution in [0.15, 0.2) is 10.8 Å². The van der Waals surface area contributed by atoms with Gasteiger partial charge in [0.25, 0.3) is 0 Å². The smallest absolute Gasteiger partial charge is 0.124 e. The van der Waals surface area contributed by atoms with Gasteiger partial charge in [-0.1, -0.05) is 0 Å². The van der Waals surface area contributed by atoms with Crippen LogP contribution in [0.3, 0.4) is 0 Å². The summed E-state index contributed by atoms with van der Waals surface area (Å²) in [5.74, 6) is 1.09. The van der Waals surface area contributed by atoms with E-state index in [4.69, 9.17) is 0 Å². The molecule has 0 bridgehead atoms. The Balaban J connectivity index is 2.25. The van der Waals surface area contributed by atoms with Gasteiger partial charge < -0.3 is 9.88 Å². The third-order valence-corrected chi connectivity index (χ3v) is 2.70. The van der Waals surface area contributed by atoms with Crippen LogP contribution in [0, 0.1) is 6.92 Å². The van der Waals surface area contributed by atoms with Gasteiger partial charge in [0, 0.05) is 18.8 Å². The topological polar surface area (TPSA) is 29.9 Å². The number of hydrogen-bond donors (Lipinski definition) is 1. The predicted molar refractivity (Wildman–Crippen MR) is 51.2 cm³/mol. The first-order valence-electron chi connectivity index (χ1n) is 4.19. The lowest BCUT2D eigenvalue weighted by Crippen LogP contribution is -2.13. The van der Waals surface area contributed by atoms with Gasteiger partial charge in [0.2, 0.25) is 0 Å². The van der Waals surface area contributed by atoms with Crippen molar-refractivity contribution in [2.75, 3.05) is 13.1 Å². The van der Waals surface area contributed by atoms with E-state index in [-0.39, 0.29) is 0 Å². The fraction of sp³-hybridized carbons (Fsp3) is 0.625. The molecule has 1 fully saturated rings. The lowest BCUT2D eigenvalue weighted by atomic mass is 10.2. The second-order valence-electron chi connectivity index (χ2n) is 3.16. The highest BCUT2D eigenvalue weighted by Crippen LogP contribution is 2.19. The van der Waals surface area contributed by atoms with Crippen molar-refractivity contribution in [3.05, 3.63) is 16.6 Å². The summed E-state index contributed by atoms with van der Waals surface area (Å²) in [6.07, 6.45) is 3.27. The second kappa shape index (κ2) is 3.18. The summed E-state index contributed by atoms with van der Waals surface area (Å²) in [5.41, 5.74) is 0. The third kappa shape index (κ3) is 1.41. The lowest BCUT2D eigenvalue weighted by molar-refractivity contribution is 0.533. The van der Waals surface area contributed by atoms with Gasteiger partial charge in [-0.15, -0.1) is 0 Å². The summed E-state index contributed by atoms with van der Waals surface area (Å²) in [6.45, 7) is 4.24. The number of nitrogens with one attached hydrogen (secondary N) is 1. The highest BCUT2D eigenvalue weighted by Gasteiger charge is 2.17. The van der Waals surface area contributed by atoms with Gasteiger partial charge in [-0.3, -0.25) is 0 Å². The molecule has 0 amide bonds. The van der Waals surface area contributed by atoms with Crippen molar-refractivity contribution in [3.8, 4) is 0 Å². The maximum absolute atomic E-state index is 4.31. The number of imidazole rings is 1. The number of aryl methyl sites for hydroxylation is 1. The molecule has 4 heteroatoms. The van der Waals surface area contributed by atoms with Crippen LogP contribution in [0.5, 0.6) is 0 Å². The van der Waals surface area contributed by atoms with E-state index in [1.165, 1.54) is 6.42 Å². The van der Waals surface area contributed by atoms with Crippen LogP contribution in [0.2, 0.25) is 0 Å². The van der Waals surface area contributed by atoms with Crippen molar-refractivity contribution in [3.63, 3.8) is 0 Å². The zero-order valence-corrected chi connectivity index (χ0v) is 8.63. The van der Waals surface area contributed by atoms with E-state index in [2.05, 4.69) is 37.0 Å². The minimum Gasteiger partial charge on any atom is -0.330 e. The highest BCUT2D eigenvalue weighted by molar-refractivity contribution is 9.10. The molecule has 1 saturated heterocycles. The average molecular weight is 230 g/mol. The molecule has 1 aliphatic heterocycles. The van der Waals surface area contributed by atoms with E-state index in [1.54, 1.807) is 0 Å². The van der Waals surface area contributed by atoms with Crippen LogP contribution in [-0.2, 0) is 0 Å². The molecule has 12 heavy (non-hydrogen) atoms. The molecule has 1 unspecified atom stereocenters. The molecule has 2 rings (SSSR count). The molecule has 1 N–H and O–H groups in total. The molecular formula is C8H12BrN3. The minimum atomic E-state index is 0.601. The first kappa shape index (κ1) is 8.26. The summed E-state index contributed by atoms with van der Waals surface area (Å²) in [6, 6.07) is 0.601. The van der Waals surface area contributed by atoms with Crippen LogP contribution in [0.1, 0.15) is 18.3 Å². The fourth-order valence-corrected chi connectivity index (χ4v) is 2.17. The Hall–Kier alpha value is -0.350. The summed E-state index contributed by atoms with van der Waals surface area (Å²) in [7, 11) is 0. The Morgan fingerprint density at radius 1 is 1.75 bits per heavy atom. The van der Waals surface area contributed by atoms with Gasteiger partial charge in [0.1, 0.15) is 10.4 Å². The molecule has 1 atom stereocenters. The maximum Gasteiger partial charge on any atom is 0.124 e. The number of halogens is 1. The average Bonchev–Trinajstić information content (AvgIpc) is 2.58. The van der Waals surface area contributed by atoms with E-state index >= 15 is 0 Å². The van der Waals surface area contributed by atoms with Crippen molar-refractivity contribution in [1.82, 2.24) is 14.9 Å². The first-order valence-corrected chi connectivity index (χ1v) is 4.98. The zero-order valence-electron chi connectivity index (χ0n) is 7.05. The van der Waals surface area contributed by atoms with Crippen molar-refractivity contribution >= 4 is 15.9 Å². The van der Waals surface area contributed by atoms with E-state index in [9.17, 15) is 0 Å². The molecule has 66 valence electrons. The van der Waals surface area contributed by atoms with E-state index in [1.807, 2.05) is 6.92 Å². The maximum atomic E-state index is 4.31. The summed E-state index contributed by atoms with van der Waals surface area (Å²) in [4.78, 5) is 4.31. The Labute approximate surface area is 80.3 Å². The molecule has 1 aromatic heterocycles. The van der Waals surface area contributed by atoms with Crippen molar-refractivity contribution in [2.24, 2.45) is 0 Å². The lowest BCUT2D eigenvalue weighted by Gasteiger charge is -2.11. The number of aromatic nitrogens is 2. The standard InChI is InChI=1S/C8H12BrN3/c1-6-11-8(9)5-12(6)7-2-3-10-4-7/h5,7,10H,2-4H2,1H3. The van der Waals surface area contributed by atoms with Gasteiger partial charge >= 0.3 is 0 Å². The van der Waals surface area contributed by atoms with E-state index in [0.717, 1.165) is 23.5 Å². The van der Waals surface area contributed by atoms with Crippen LogP contribution in [0.25, 0.3) is 0 Å². The van der Waals surface area contributed by atoms with E-state index < -0.39 is 0 Å². The zero-order chi connectivity index (χ0) is 8.55. The Morgan fingerprint density at radius 2 is 2.58 bits per heavy atom. The molecule has 0 saturated carbocycles. The van der Waals surface area contributed by atoms with E-state index in [0.29, 0.717) is 6.04 Å². The number of hydrogen-bond acceptors (Lipinski definition) is 2. The molecule has 2 heterocycles. The molecular weight excluding hydrogens is 218 g/mol. The molecule has 1 aliphatic rings. The molecule has 0 aromatic carbocycles. The summed E-state index contributed by atoms with van der Waals surface area (Å²) < 4.78 is 3.18. The monoisotopic (exact) mass is 229 g/mol. The van der Waals surface area contributed by atoms with Crippen LogP contribution < -0.4 is 5.32 Å². The third-order valence-electron chi connectivity index (χ3n) is 2.32. The summed E-state index contributed by atoms with van der Waals surface area (Å²) >= 11 is 3.38. The van der Waals surface area contributed by atoms with Crippen LogP contribution in [0.4, 0.5) is 0 Å². The SMILES string of the molecule is Cc1nc(Br)cn1C1CCNC1. The van der Waals surface area contributed by atoms with Crippen LogP contribution >= 0.6 is 15.9 Å². The van der Waals surface area contributed by atoms with Crippen molar-refractivity contribution < 1.29 is 0 Å².